The predicted molar refractivity (Wildman–Crippen MR) is 67.3 cm³/mol. The van der Waals surface area contributed by atoms with E-state index in [4.69, 9.17) is 11.5 Å². The Hall–Kier alpha value is -2.04. The third-order valence-electron chi connectivity index (χ3n) is 2.15. The fraction of sp³-hybridized carbons (Fsp3) is 0.273. The van der Waals surface area contributed by atoms with Crippen molar-refractivity contribution in [3.05, 3.63) is 29.8 Å². The van der Waals surface area contributed by atoms with Crippen LogP contribution in [0.25, 0.3) is 0 Å². The molecule has 86 valence electrons. The lowest BCUT2D eigenvalue weighted by atomic mass is 10.1. The molecule has 5 nitrogen and oxygen atoms in total. The van der Waals surface area contributed by atoms with Crippen molar-refractivity contribution < 1.29 is 5.10 Å². The first kappa shape index (κ1) is 12.0. The first-order chi connectivity index (χ1) is 7.50. The fourth-order valence-electron chi connectivity index (χ4n) is 1.21. The summed E-state index contributed by atoms with van der Waals surface area (Å²) in [6, 6.07) is 8.07. The molecule has 5 N–H and O–H groups in total. The molecule has 0 amide bonds. The van der Waals surface area contributed by atoms with Gasteiger partial charge < -0.3 is 4.90 Å². The highest BCUT2D eigenvalue weighted by Gasteiger charge is 1.99. The van der Waals surface area contributed by atoms with Gasteiger partial charge in [0, 0.05) is 19.8 Å². The number of nitrogens with one attached hydrogen (secondary N) is 1. The minimum absolute atomic E-state index is 0.0873. The molecule has 1 aromatic rings. The van der Waals surface area contributed by atoms with Crippen molar-refractivity contribution in [1.82, 2.24) is 0 Å². The summed E-state index contributed by atoms with van der Waals surface area (Å²) in [7, 11) is 4.00. The predicted octanol–water partition coefficient (Wildman–Crippen LogP) is -1.17. The van der Waals surface area contributed by atoms with Crippen molar-refractivity contribution in [2.75, 3.05) is 19.0 Å². The lowest BCUT2D eigenvalue weighted by Crippen LogP contribution is -2.72. The third kappa shape index (κ3) is 3.27. The summed E-state index contributed by atoms with van der Waals surface area (Å²) in [6.07, 6.45) is 0. The van der Waals surface area contributed by atoms with E-state index in [2.05, 4.69) is 10.2 Å². The number of anilines is 1. The van der Waals surface area contributed by atoms with E-state index in [0.29, 0.717) is 0 Å². The van der Waals surface area contributed by atoms with Crippen molar-refractivity contribution in [3.63, 3.8) is 0 Å². The SMILES string of the molecule is C/C(=N/[NH+]=C(N)N)c1ccc(N(C)C)cc1. The molecule has 0 fully saturated rings. The molecule has 16 heavy (non-hydrogen) atoms. The average Bonchev–Trinajstić information content (AvgIpc) is 2.26. The largest absolute Gasteiger partial charge is 0.378 e. The number of nitrogens with two attached hydrogens (primary N) is 2. The number of hydrogen-bond donors (Lipinski definition) is 3. The third-order valence-corrected chi connectivity index (χ3v) is 2.15. The zero-order valence-corrected chi connectivity index (χ0v) is 9.86. The van der Waals surface area contributed by atoms with Crippen LogP contribution in [0.4, 0.5) is 5.69 Å². The highest BCUT2D eigenvalue weighted by Crippen LogP contribution is 2.12. The normalized spacial score (nSPS) is 11.1. The maximum Gasteiger partial charge on any atom is 0.362 e. The number of nitrogens with zero attached hydrogens (tertiary/aromatic N) is 2. The molecule has 0 aliphatic carbocycles. The molecule has 0 atom stereocenters. The van der Waals surface area contributed by atoms with E-state index < -0.39 is 0 Å². The van der Waals surface area contributed by atoms with Crippen LogP contribution < -0.4 is 21.5 Å². The van der Waals surface area contributed by atoms with Crippen molar-refractivity contribution in [2.24, 2.45) is 16.6 Å². The van der Waals surface area contributed by atoms with Crippen molar-refractivity contribution >= 4 is 17.4 Å². The fourth-order valence-corrected chi connectivity index (χ4v) is 1.21. The Morgan fingerprint density at radius 2 is 1.75 bits per heavy atom. The van der Waals surface area contributed by atoms with E-state index >= 15 is 0 Å². The van der Waals surface area contributed by atoms with Gasteiger partial charge in [0.2, 0.25) is 0 Å². The molecule has 0 saturated heterocycles. The molecule has 5 heteroatoms. The van der Waals surface area contributed by atoms with Gasteiger partial charge in [0.1, 0.15) is 0 Å². The van der Waals surface area contributed by atoms with E-state index in [-0.39, 0.29) is 5.96 Å². The Balaban J connectivity index is 2.90. The van der Waals surface area contributed by atoms with Gasteiger partial charge in [0.25, 0.3) is 0 Å². The molecular formula is C11H18N5+. The first-order valence-corrected chi connectivity index (χ1v) is 4.96. The summed E-state index contributed by atoms with van der Waals surface area (Å²) < 4.78 is 0. The summed E-state index contributed by atoms with van der Waals surface area (Å²) in [4.78, 5) is 2.04. The smallest absolute Gasteiger partial charge is 0.362 e. The topological polar surface area (TPSA) is 81.6 Å². The van der Waals surface area contributed by atoms with Gasteiger partial charge >= 0.3 is 5.96 Å². The number of hydrogen-bond acceptors (Lipinski definition) is 2. The van der Waals surface area contributed by atoms with Crippen LogP contribution in [0.15, 0.2) is 29.4 Å². The quantitative estimate of drug-likeness (QED) is 0.341. The van der Waals surface area contributed by atoms with Gasteiger partial charge in [-0.25, -0.2) is 0 Å². The van der Waals surface area contributed by atoms with Gasteiger partial charge in [-0.2, -0.15) is 5.10 Å². The molecule has 0 aliphatic heterocycles. The van der Waals surface area contributed by atoms with Crippen molar-refractivity contribution in [1.29, 1.82) is 0 Å². The highest BCUT2D eigenvalue weighted by atomic mass is 15.3. The minimum atomic E-state index is 0.0873. The Bertz CT molecular complexity index is 399. The molecule has 0 spiro atoms. The standard InChI is InChI=1S/C11H17N5/c1-8(14-15-11(12)13)9-4-6-10(7-5-9)16(2)3/h4-7H,1-3H3,(H4,12,13,15)/p+1/b14-8-. The molecule has 0 saturated carbocycles. The van der Waals surface area contributed by atoms with Crippen molar-refractivity contribution in [3.8, 4) is 0 Å². The van der Waals surface area contributed by atoms with E-state index in [9.17, 15) is 0 Å². The van der Waals surface area contributed by atoms with Crippen LogP contribution in [0.3, 0.4) is 0 Å². The number of guanidine groups is 1. The zero-order valence-electron chi connectivity index (χ0n) is 9.86. The van der Waals surface area contributed by atoms with Gasteiger partial charge in [-0.1, -0.05) is 12.1 Å². The summed E-state index contributed by atoms with van der Waals surface area (Å²) in [5, 5.41) is 6.57. The summed E-state index contributed by atoms with van der Waals surface area (Å²) >= 11 is 0. The van der Waals surface area contributed by atoms with Crippen LogP contribution in [-0.4, -0.2) is 25.8 Å². The van der Waals surface area contributed by atoms with Gasteiger partial charge in [-0.3, -0.25) is 11.5 Å². The van der Waals surface area contributed by atoms with Crippen molar-refractivity contribution in [2.45, 2.75) is 6.92 Å². The Morgan fingerprint density at radius 1 is 1.19 bits per heavy atom. The van der Waals surface area contributed by atoms with Crippen LogP contribution in [0.2, 0.25) is 0 Å². The lowest BCUT2D eigenvalue weighted by Gasteiger charge is -2.12. The van der Waals surface area contributed by atoms with Gasteiger partial charge in [-0.05, 0) is 24.6 Å². The molecule has 0 radical (unpaired) electrons. The second-order valence-corrected chi connectivity index (χ2v) is 3.71. The van der Waals surface area contributed by atoms with Gasteiger partial charge in [0.15, 0.2) is 0 Å². The summed E-state index contributed by atoms with van der Waals surface area (Å²) in [5.74, 6) is 0.0873. The van der Waals surface area contributed by atoms with Crippen LogP contribution in [0, 0.1) is 0 Å². The molecule has 0 aromatic heterocycles. The van der Waals surface area contributed by atoms with Crippen LogP contribution in [-0.2, 0) is 0 Å². The lowest BCUT2D eigenvalue weighted by molar-refractivity contribution is -0.464. The molecule has 0 heterocycles. The van der Waals surface area contributed by atoms with Crippen LogP contribution >= 0.6 is 0 Å². The molecule has 1 aromatic carbocycles. The van der Waals surface area contributed by atoms with E-state index in [1.165, 1.54) is 0 Å². The maximum atomic E-state index is 5.25. The summed E-state index contributed by atoms with van der Waals surface area (Å²) in [6.45, 7) is 1.89. The Kier molecular flexibility index (Phi) is 3.88. The maximum absolute atomic E-state index is 5.25. The molecule has 0 aliphatic rings. The van der Waals surface area contributed by atoms with Gasteiger partial charge in [-0.15, -0.1) is 5.10 Å². The molecule has 0 bridgehead atoms. The van der Waals surface area contributed by atoms with E-state index in [1.54, 1.807) is 0 Å². The molecule has 1 rings (SSSR count). The molecule has 0 unspecified atom stereocenters. The second-order valence-electron chi connectivity index (χ2n) is 3.71. The molecular weight excluding hydrogens is 202 g/mol. The van der Waals surface area contributed by atoms with Crippen LogP contribution in [0.1, 0.15) is 12.5 Å². The number of rotatable bonds is 3. The monoisotopic (exact) mass is 220 g/mol. The zero-order chi connectivity index (χ0) is 12.1. The number of hydrazone groups is 1. The second kappa shape index (κ2) is 5.16. The van der Waals surface area contributed by atoms with E-state index in [1.807, 2.05) is 50.2 Å². The van der Waals surface area contributed by atoms with Crippen LogP contribution in [0.5, 0.6) is 0 Å². The Labute approximate surface area is 95.5 Å². The van der Waals surface area contributed by atoms with E-state index in [0.717, 1.165) is 17.0 Å². The number of benzene rings is 1. The Morgan fingerprint density at radius 3 is 2.19 bits per heavy atom. The first-order valence-electron chi connectivity index (χ1n) is 4.96. The highest BCUT2D eigenvalue weighted by molar-refractivity contribution is 5.98. The van der Waals surface area contributed by atoms with Gasteiger partial charge in [0.05, 0.1) is 5.71 Å². The summed E-state index contributed by atoms with van der Waals surface area (Å²) in [5.41, 5.74) is 13.5. The minimum Gasteiger partial charge on any atom is -0.378 e. The average molecular weight is 220 g/mol.